The number of benzene rings is 1. The molecule has 90 valence electrons. The molecule has 0 amide bonds. The Kier molecular flexibility index (Phi) is 5.14. The summed E-state index contributed by atoms with van der Waals surface area (Å²) >= 11 is 0. The highest BCUT2D eigenvalue weighted by Crippen LogP contribution is 2.21. The molecular formula is C11H16F2N2O. The summed E-state index contributed by atoms with van der Waals surface area (Å²) in [5.41, 5.74) is 12.0. The maximum atomic E-state index is 12.0. The van der Waals surface area contributed by atoms with Crippen LogP contribution in [0.2, 0.25) is 0 Å². The van der Waals surface area contributed by atoms with Crippen molar-refractivity contribution in [2.75, 3.05) is 6.54 Å². The third-order valence-corrected chi connectivity index (χ3v) is 2.23. The molecule has 0 aliphatic rings. The van der Waals surface area contributed by atoms with Gasteiger partial charge in [-0.25, -0.2) is 0 Å². The Morgan fingerprint density at radius 3 is 2.69 bits per heavy atom. The first-order valence-corrected chi connectivity index (χ1v) is 5.14. The van der Waals surface area contributed by atoms with Crippen LogP contribution >= 0.6 is 0 Å². The maximum absolute atomic E-state index is 12.0. The van der Waals surface area contributed by atoms with Gasteiger partial charge in [0.25, 0.3) is 0 Å². The molecular weight excluding hydrogens is 214 g/mol. The molecule has 0 aromatic heterocycles. The number of ether oxygens (including phenoxy) is 1. The molecule has 0 bridgehead atoms. The van der Waals surface area contributed by atoms with Crippen molar-refractivity contribution in [1.82, 2.24) is 0 Å². The minimum Gasteiger partial charge on any atom is -0.435 e. The molecule has 0 heterocycles. The lowest BCUT2D eigenvalue weighted by Crippen LogP contribution is -2.13. The van der Waals surface area contributed by atoms with E-state index in [1.807, 2.05) is 0 Å². The topological polar surface area (TPSA) is 61.3 Å². The molecule has 0 fully saturated rings. The largest absolute Gasteiger partial charge is 0.435 e. The van der Waals surface area contributed by atoms with Gasteiger partial charge in [-0.3, -0.25) is 0 Å². The first-order valence-electron chi connectivity index (χ1n) is 5.14. The number of hydrogen-bond acceptors (Lipinski definition) is 3. The van der Waals surface area contributed by atoms with Crippen molar-refractivity contribution >= 4 is 0 Å². The van der Waals surface area contributed by atoms with E-state index in [1.165, 1.54) is 12.1 Å². The van der Waals surface area contributed by atoms with E-state index in [0.717, 1.165) is 18.4 Å². The van der Waals surface area contributed by atoms with Gasteiger partial charge in [0.2, 0.25) is 0 Å². The molecule has 3 nitrogen and oxygen atoms in total. The van der Waals surface area contributed by atoms with Crippen LogP contribution in [0.4, 0.5) is 8.78 Å². The summed E-state index contributed by atoms with van der Waals surface area (Å²) in [6.07, 6.45) is 1.54. The smallest absolute Gasteiger partial charge is 0.387 e. The van der Waals surface area contributed by atoms with Gasteiger partial charge >= 0.3 is 6.61 Å². The van der Waals surface area contributed by atoms with Gasteiger partial charge in [-0.1, -0.05) is 12.1 Å². The molecule has 0 unspecified atom stereocenters. The Labute approximate surface area is 93.4 Å². The van der Waals surface area contributed by atoms with Crippen molar-refractivity contribution in [3.8, 4) is 5.75 Å². The fourth-order valence-electron chi connectivity index (χ4n) is 1.43. The van der Waals surface area contributed by atoms with Crippen molar-refractivity contribution in [1.29, 1.82) is 0 Å². The molecule has 4 N–H and O–H groups in total. The number of hydrogen-bond donors (Lipinski definition) is 2. The molecule has 0 aliphatic heterocycles. The summed E-state index contributed by atoms with van der Waals surface area (Å²) in [7, 11) is 0. The van der Waals surface area contributed by atoms with E-state index in [0.29, 0.717) is 6.54 Å². The van der Waals surface area contributed by atoms with Gasteiger partial charge in [-0.05, 0) is 37.1 Å². The first-order chi connectivity index (χ1) is 7.63. The normalized spacial score (nSPS) is 12.8. The number of alkyl halides is 2. The summed E-state index contributed by atoms with van der Waals surface area (Å²) in [6, 6.07) is 6.26. The zero-order valence-corrected chi connectivity index (χ0v) is 8.90. The highest BCUT2D eigenvalue weighted by Gasteiger charge is 2.08. The highest BCUT2D eigenvalue weighted by atomic mass is 19.3. The Hall–Kier alpha value is -1.20. The fraction of sp³-hybridized carbons (Fsp3) is 0.455. The van der Waals surface area contributed by atoms with E-state index in [1.54, 1.807) is 12.1 Å². The van der Waals surface area contributed by atoms with Crippen LogP contribution in [0.15, 0.2) is 24.3 Å². The molecule has 1 atom stereocenters. The summed E-state index contributed by atoms with van der Waals surface area (Å²) in [4.78, 5) is 0. The van der Waals surface area contributed by atoms with Gasteiger partial charge in [0.15, 0.2) is 0 Å². The molecule has 0 saturated heterocycles. The van der Waals surface area contributed by atoms with Crippen LogP contribution in [-0.2, 0) is 0 Å². The average molecular weight is 230 g/mol. The van der Waals surface area contributed by atoms with Gasteiger partial charge in [0.05, 0.1) is 0 Å². The quantitative estimate of drug-likeness (QED) is 0.786. The minimum absolute atomic E-state index is 0.135. The number of halogens is 2. The second-order valence-corrected chi connectivity index (χ2v) is 3.49. The maximum Gasteiger partial charge on any atom is 0.387 e. The zero-order chi connectivity index (χ0) is 12.0. The van der Waals surface area contributed by atoms with E-state index >= 15 is 0 Å². The average Bonchev–Trinajstić information content (AvgIpc) is 2.25. The number of rotatable bonds is 6. The van der Waals surface area contributed by atoms with E-state index in [9.17, 15) is 8.78 Å². The lowest BCUT2D eigenvalue weighted by molar-refractivity contribution is -0.0499. The molecule has 1 rings (SSSR count). The van der Waals surface area contributed by atoms with Gasteiger partial charge in [-0.2, -0.15) is 8.78 Å². The van der Waals surface area contributed by atoms with E-state index in [2.05, 4.69) is 4.74 Å². The minimum atomic E-state index is -2.81. The summed E-state index contributed by atoms with van der Waals surface area (Å²) in [6.45, 7) is -2.24. The van der Waals surface area contributed by atoms with Crippen molar-refractivity contribution < 1.29 is 13.5 Å². The monoisotopic (exact) mass is 230 g/mol. The zero-order valence-electron chi connectivity index (χ0n) is 8.90. The number of nitrogens with two attached hydrogens (primary N) is 2. The van der Waals surface area contributed by atoms with Crippen LogP contribution < -0.4 is 16.2 Å². The van der Waals surface area contributed by atoms with Crippen LogP contribution in [0.3, 0.4) is 0 Å². The van der Waals surface area contributed by atoms with Crippen molar-refractivity contribution in [2.45, 2.75) is 25.5 Å². The van der Waals surface area contributed by atoms with Crippen LogP contribution in [-0.4, -0.2) is 13.2 Å². The predicted octanol–water partition coefficient (Wildman–Crippen LogP) is 2.03. The second kappa shape index (κ2) is 6.40. The summed E-state index contributed by atoms with van der Waals surface area (Å²) in [5.74, 6) is 0.135. The van der Waals surface area contributed by atoms with Crippen molar-refractivity contribution in [2.24, 2.45) is 11.5 Å². The molecule has 0 radical (unpaired) electrons. The van der Waals surface area contributed by atoms with E-state index in [-0.39, 0.29) is 11.8 Å². The van der Waals surface area contributed by atoms with Crippen LogP contribution in [0, 0.1) is 0 Å². The lowest BCUT2D eigenvalue weighted by atomic mass is 10.0. The predicted molar refractivity (Wildman–Crippen MR) is 58.3 cm³/mol. The Morgan fingerprint density at radius 2 is 2.06 bits per heavy atom. The van der Waals surface area contributed by atoms with Crippen molar-refractivity contribution in [3.63, 3.8) is 0 Å². The highest BCUT2D eigenvalue weighted by molar-refractivity contribution is 5.30. The van der Waals surface area contributed by atoms with Gasteiger partial charge in [-0.15, -0.1) is 0 Å². The van der Waals surface area contributed by atoms with Gasteiger partial charge < -0.3 is 16.2 Å². The third kappa shape index (κ3) is 4.12. The van der Waals surface area contributed by atoms with E-state index in [4.69, 9.17) is 11.5 Å². The molecule has 0 spiro atoms. The van der Waals surface area contributed by atoms with Crippen LogP contribution in [0.25, 0.3) is 0 Å². The molecule has 1 aromatic carbocycles. The summed E-state index contributed by atoms with van der Waals surface area (Å²) in [5, 5.41) is 0. The fourth-order valence-corrected chi connectivity index (χ4v) is 1.43. The Morgan fingerprint density at radius 1 is 1.31 bits per heavy atom. The van der Waals surface area contributed by atoms with Crippen molar-refractivity contribution in [3.05, 3.63) is 29.8 Å². The standard InChI is InChI=1S/C11H16F2N2O/c12-11(13)16-9-4-1-3-8(7-9)10(15)5-2-6-14/h1,3-4,7,10-11H,2,5-6,14-15H2/t10-/m1/s1. The van der Waals surface area contributed by atoms with Gasteiger partial charge in [0, 0.05) is 6.04 Å². The lowest BCUT2D eigenvalue weighted by Gasteiger charge is -2.13. The second-order valence-electron chi connectivity index (χ2n) is 3.49. The van der Waals surface area contributed by atoms with E-state index < -0.39 is 6.61 Å². The SMILES string of the molecule is NCCC[C@@H](N)c1cccc(OC(F)F)c1. The molecule has 0 aliphatic carbocycles. The Bertz CT molecular complexity index is 321. The summed E-state index contributed by atoms with van der Waals surface area (Å²) < 4.78 is 28.3. The Balaban J connectivity index is 2.65. The molecule has 5 heteroatoms. The molecule has 1 aromatic rings. The van der Waals surface area contributed by atoms with Crippen LogP contribution in [0.5, 0.6) is 5.75 Å². The first kappa shape index (κ1) is 12.9. The van der Waals surface area contributed by atoms with Gasteiger partial charge in [0.1, 0.15) is 5.75 Å². The van der Waals surface area contributed by atoms with Crippen LogP contribution in [0.1, 0.15) is 24.4 Å². The molecule has 16 heavy (non-hydrogen) atoms. The molecule has 0 saturated carbocycles. The third-order valence-electron chi connectivity index (χ3n) is 2.23.